The van der Waals surface area contributed by atoms with Gasteiger partial charge in [0.25, 0.3) is 0 Å². The van der Waals surface area contributed by atoms with Crippen molar-refractivity contribution < 1.29 is 18.5 Å². The molecule has 6 heteroatoms. The highest BCUT2D eigenvalue weighted by Gasteiger charge is 2.65. The van der Waals surface area contributed by atoms with Crippen molar-refractivity contribution in [3.8, 4) is 0 Å². The summed E-state index contributed by atoms with van der Waals surface area (Å²) < 4.78 is 28.5. The Morgan fingerprint density at radius 3 is 2.15 bits per heavy atom. The Balaban J connectivity index is 1.59. The Bertz CT molecular complexity index is 695. The third-order valence-electron chi connectivity index (χ3n) is 7.86. The highest BCUT2D eigenvalue weighted by atomic mass is 32.2. The number of hydrogen-bond acceptors (Lipinski definition) is 3. The van der Waals surface area contributed by atoms with Gasteiger partial charge in [0.1, 0.15) is 5.78 Å². The van der Waals surface area contributed by atoms with Crippen LogP contribution in [0.1, 0.15) is 80.1 Å². The van der Waals surface area contributed by atoms with E-state index in [-0.39, 0.29) is 28.0 Å². The molecule has 2 aliphatic carbocycles. The fraction of sp³-hybridized carbons (Fsp3) is 0.952. The summed E-state index contributed by atoms with van der Waals surface area (Å²) >= 11 is 0. The third-order valence-corrected chi connectivity index (χ3v) is 9.38. The summed E-state index contributed by atoms with van der Waals surface area (Å²) in [4.78, 5) is 12.6. The second kappa shape index (κ2) is 6.53. The van der Waals surface area contributed by atoms with Gasteiger partial charge in [0.15, 0.2) is 0 Å². The number of quaternary nitrogens is 1. The molecule has 0 spiro atoms. The zero-order valence-corrected chi connectivity index (χ0v) is 18.8. The number of carbonyl (C=O) groups is 1. The predicted octanol–water partition coefficient (Wildman–Crippen LogP) is 2.22. The Kier molecular flexibility index (Phi) is 5.14. The van der Waals surface area contributed by atoms with Gasteiger partial charge < -0.3 is 5.32 Å². The maximum atomic E-state index is 12.8. The number of rotatable bonds is 6. The molecule has 1 aliphatic heterocycles. The van der Waals surface area contributed by atoms with Crippen molar-refractivity contribution in [2.24, 2.45) is 22.7 Å². The van der Waals surface area contributed by atoms with Crippen LogP contribution in [0.2, 0.25) is 0 Å². The van der Waals surface area contributed by atoms with Gasteiger partial charge in [-0.2, -0.15) is 0 Å². The van der Waals surface area contributed by atoms with Crippen LogP contribution in [-0.2, 0) is 14.8 Å². The van der Waals surface area contributed by atoms with Crippen LogP contribution in [0.4, 0.5) is 0 Å². The van der Waals surface area contributed by atoms with E-state index in [1.165, 1.54) is 0 Å². The second-order valence-electron chi connectivity index (χ2n) is 11.5. The lowest BCUT2D eigenvalue weighted by atomic mass is 9.70. The number of carbonyl (C=O) groups excluding carboxylic acids is 1. The Morgan fingerprint density at radius 1 is 1.07 bits per heavy atom. The van der Waals surface area contributed by atoms with Crippen LogP contribution in [0.5, 0.6) is 0 Å². The van der Waals surface area contributed by atoms with Crippen LogP contribution in [-0.4, -0.2) is 37.6 Å². The average Bonchev–Trinajstić information content (AvgIpc) is 2.77. The summed E-state index contributed by atoms with van der Waals surface area (Å²) in [6.07, 6.45) is 5.35. The first-order valence-electron chi connectivity index (χ1n) is 10.6. The molecule has 0 amide bonds. The molecule has 27 heavy (non-hydrogen) atoms. The van der Waals surface area contributed by atoms with Gasteiger partial charge in [-0.1, -0.05) is 13.8 Å². The van der Waals surface area contributed by atoms with Crippen molar-refractivity contribution in [3.05, 3.63) is 0 Å². The Labute approximate surface area is 165 Å². The molecule has 0 aromatic carbocycles. The van der Waals surface area contributed by atoms with Gasteiger partial charge in [-0.05, 0) is 64.2 Å². The standard InChI is InChI=1S/C21H38N2O3S/c1-18(2)12-15(13-19(3,4)23-18)8-10-22-27(25,26)14-21-9-7-16(11-17(21)24)20(21,5)6/h15-16,22-23H,7-14H2,1-6H3/p+1/t16-,21+/m1/s1. The first kappa shape index (κ1) is 21.3. The number of sulfonamides is 1. The molecule has 3 aliphatic rings. The first-order chi connectivity index (χ1) is 12.2. The number of nitrogens with one attached hydrogen (secondary N) is 1. The average molecular weight is 400 g/mol. The number of nitrogens with two attached hydrogens (primary N) is 1. The second-order valence-corrected chi connectivity index (χ2v) is 13.3. The maximum Gasteiger partial charge on any atom is 0.212 e. The van der Waals surface area contributed by atoms with E-state index in [0.29, 0.717) is 24.8 Å². The number of hydrogen-bond donors (Lipinski definition) is 2. The molecule has 1 saturated heterocycles. The SMILES string of the molecule is CC1(C)CC(CCNS(=O)(=O)C[C@@]23CC[C@H](CC2=O)C3(C)C)CC(C)(C)[NH2+]1. The lowest BCUT2D eigenvalue weighted by Crippen LogP contribution is -3.05. The van der Waals surface area contributed by atoms with Gasteiger partial charge in [0, 0.05) is 31.2 Å². The van der Waals surface area contributed by atoms with Crippen LogP contribution < -0.4 is 10.0 Å². The summed E-state index contributed by atoms with van der Waals surface area (Å²) in [5, 5.41) is 2.45. The van der Waals surface area contributed by atoms with Crippen LogP contribution in [0.3, 0.4) is 0 Å². The van der Waals surface area contributed by atoms with Crippen molar-refractivity contribution in [1.29, 1.82) is 0 Å². The molecule has 2 bridgehead atoms. The van der Waals surface area contributed by atoms with E-state index in [2.05, 4.69) is 51.6 Å². The van der Waals surface area contributed by atoms with Gasteiger partial charge in [-0.3, -0.25) is 4.79 Å². The first-order valence-corrected chi connectivity index (χ1v) is 12.2. The summed E-state index contributed by atoms with van der Waals surface area (Å²) in [5.74, 6) is 1.02. The topological polar surface area (TPSA) is 79.8 Å². The smallest absolute Gasteiger partial charge is 0.212 e. The maximum absolute atomic E-state index is 12.8. The lowest BCUT2D eigenvalue weighted by molar-refractivity contribution is -0.789. The number of fused-ring (bicyclic) bond motifs is 2. The Morgan fingerprint density at radius 2 is 1.67 bits per heavy atom. The van der Waals surface area contributed by atoms with Crippen LogP contribution >= 0.6 is 0 Å². The van der Waals surface area contributed by atoms with E-state index in [1.807, 2.05) is 0 Å². The molecular weight excluding hydrogens is 360 g/mol. The quantitative estimate of drug-likeness (QED) is 0.719. The normalized spacial score (nSPS) is 34.9. The van der Waals surface area contributed by atoms with E-state index in [1.54, 1.807) is 0 Å². The minimum Gasteiger partial charge on any atom is -0.337 e. The number of ketones is 1. The molecule has 1 heterocycles. The molecule has 3 N–H and O–H groups in total. The highest BCUT2D eigenvalue weighted by Crippen LogP contribution is 2.64. The van der Waals surface area contributed by atoms with Crippen LogP contribution in [0.25, 0.3) is 0 Å². The summed E-state index contributed by atoms with van der Waals surface area (Å²) in [5.41, 5.74) is -0.480. The van der Waals surface area contributed by atoms with Crippen LogP contribution in [0, 0.1) is 22.7 Å². The van der Waals surface area contributed by atoms with Crippen LogP contribution in [0.15, 0.2) is 0 Å². The molecule has 156 valence electrons. The third kappa shape index (κ3) is 3.99. The molecule has 0 aromatic rings. The van der Waals surface area contributed by atoms with E-state index >= 15 is 0 Å². The molecule has 0 radical (unpaired) electrons. The molecule has 5 nitrogen and oxygen atoms in total. The van der Waals surface area contributed by atoms with E-state index in [9.17, 15) is 13.2 Å². The van der Waals surface area contributed by atoms with Crippen molar-refractivity contribution in [2.75, 3.05) is 12.3 Å². The predicted molar refractivity (Wildman–Crippen MR) is 108 cm³/mol. The van der Waals surface area contributed by atoms with Crippen molar-refractivity contribution in [3.63, 3.8) is 0 Å². The largest absolute Gasteiger partial charge is 0.337 e. The minimum atomic E-state index is -3.45. The zero-order chi connectivity index (χ0) is 20.3. The molecule has 3 rings (SSSR count). The summed E-state index contributed by atoms with van der Waals surface area (Å²) in [7, 11) is -3.45. The molecule has 0 unspecified atom stereocenters. The molecule has 2 atom stereocenters. The van der Waals surface area contributed by atoms with E-state index in [4.69, 9.17) is 0 Å². The van der Waals surface area contributed by atoms with Gasteiger partial charge in [0.2, 0.25) is 10.0 Å². The summed E-state index contributed by atoms with van der Waals surface area (Å²) in [6, 6.07) is 0. The minimum absolute atomic E-state index is 0.0300. The van der Waals surface area contributed by atoms with Crippen molar-refractivity contribution in [2.45, 2.75) is 91.1 Å². The fourth-order valence-electron chi connectivity index (χ4n) is 6.84. The van der Waals surface area contributed by atoms with E-state index < -0.39 is 15.4 Å². The van der Waals surface area contributed by atoms with Gasteiger partial charge >= 0.3 is 0 Å². The van der Waals surface area contributed by atoms with Gasteiger partial charge in [-0.25, -0.2) is 13.1 Å². The monoisotopic (exact) mass is 399 g/mol. The van der Waals surface area contributed by atoms with Gasteiger partial charge in [-0.15, -0.1) is 0 Å². The van der Waals surface area contributed by atoms with Crippen molar-refractivity contribution >= 4 is 15.8 Å². The van der Waals surface area contributed by atoms with Crippen molar-refractivity contribution in [1.82, 2.24) is 4.72 Å². The fourth-order valence-corrected chi connectivity index (χ4v) is 8.70. The summed E-state index contributed by atoms with van der Waals surface area (Å²) in [6.45, 7) is 13.8. The van der Waals surface area contributed by atoms with Gasteiger partial charge in [0.05, 0.1) is 16.8 Å². The number of piperidine rings is 1. The molecule has 0 aromatic heterocycles. The molecule has 2 saturated carbocycles. The highest BCUT2D eigenvalue weighted by molar-refractivity contribution is 7.89. The molecule has 3 fully saturated rings. The molecular formula is C21H39N2O3S+. The Hall–Kier alpha value is -0.460. The number of Topliss-reactive ketones (excluding diaryl/α,β-unsaturated/α-hetero) is 1. The van der Waals surface area contributed by atoms with E-state index in [0.717, 1.165) is 32.1 Å². The zero-order valence-electron chi connectivity index (χ0n) is 18.0. The lowest BCUT2D eigenvalue weighted by Gasteiger charge is -2.43.